The lowest BCUT2D eigenvalue weighted by Gasteiger charge is -2.24. The summed E-state index contributed by atoms with van der Waals surface area (Å²) in [5.41, 5.74) is -0.534. The van der Waals surface area contributed by atoms with E-state index < -0.39 is 23.3 Å². The highest BCUT2D eigenvalue weighted by Crippen LogP contribution is 2.35. The Bertz CT molecular complexity index is 1040. The summed E-state index contributed by atoms with van der Waals surface area (Å²) in [5, 5.41) is 12.2. The van der Waals surface area contributed by atoms with E-state index in [1.165, 1.54) is 19.3 Å². The first-order valence-corrected chi connectivity index (χ1v) is 8.47. The number of halogens is 3. The van der Waals surface area contributed by atoms with Crippen LogP contribution in [0.4, 0.5) is 19.3 Å². The van der Waals surface area contributed by atoms with Crippen LogP contribution in [0.5, 0.6) is 0 Å². The summed E-state index contributed by atoms with van der Waals surface area (Å²) in [6, 6.07) is 2.39. The minimum atomic E-state index is -1.14. The number of rotatable bonds is 1. The molecule has 0 aliphatic rings. The molecule has 138 valence electrons. The zero-order valence-corrected chi connectivity index (χ0v) is 16.1. The molecule has 26 heavy (non-hydrogen) atoms. The van der Waals surface area contributed by atoms with Gasteiger partial charge in [-0.2, -0.15) is 0 Å². The Morgan fingerprint density at radius 2 is 2.00 bits per heavy atom. The smallest absolute Gasteiger partial charge is 0.414 e. The van der Waals surface area contributed by atoms with Crippen molar-refractivity contribution in [3.8, 4) is 0 Å². The average molecular weight is 428 g/mol. The largest absolute Gasteiger partial charge is 0.711 e. The summed E-state index contributed by atoms with van der Waals surface area (Å²) in [7, 11) is 1.38. The van der Waals surface area contributed by atoms with E-state index in [2.05, 4.69) is 20.9 Å². The standard InChI is InChI=1S/C17H16BrF2N3O3/c1-17(2,3)26-16(24)22(4)11-6-10(19)13(20)12-9-5-8(18)7-23(25)15(9)21-14(11)12/h5-7,21H,1-4H3. The van der Waals surface area contributed by atoms with Crippen molar-refractivity contribution in [1.29, 1.82) is 0 Å². The Morgan fingerprint density at radius 3 is 2.62 bits per heavy atom. The van der Waals surface area contributed by atoms with Gasteiger partial charge in [0.1, 0.15) is 11.8 Å². The highest BCUT2D eigenvalue weighted by Gasteiger charge is 2.28. The number of pyridine rings is 1. The number of H-pyrrole nitrogens is 1. The van der Waals surface area contributed by atoms with Gasteiger partial charge < -0.3 is 9.94 Å². The van der Waals surface area contributed by atoms with Crippen molar-refractivity contribution in [3.63, 3.8) is 0 Å². The van der Waals surface area contributed by atoms with Gasteiger partial charge in [0.15, 0.2) is 17.2 Å². The van der Waals surface area contributed by atoms with Gasteiger partial charge in [-0.05, 0) is 42.8 Å². The molecule has 0 unspecified atom stereocenters. The lowest BCUT2D eigenvalue weighted by Crippen LogP contribution is -2.34. The quantitative estimate of drug-likeness (QED) is 0.462. The Labute approximate surface area is 156 Å². The lowest BCUT2D eigenvalue weighted by molar-refractivity contribution is -0.579. The highest BCUT2D eigenvalue weighted by atomic mass is 79.9. The van der Waals surface area contributed by atoms with Gasteiger partial charge in [-0.3, -0.25) is 4.90 Å². The number of carbonyl (C=O) groups excluding carboxylic acids is 1. The first-order chi connectivity index (χ1) is 12.0. The molecule has 0 radical (unpaired) electrons. The number of anilines is 1. The number of carbonyl (C=O) groups is 1. The fourth-order valence-electron chi connectivity index (χ4n) is 2.66. The van der Waals surface area contributed by atoms with Crippen molar-refractivity contribution in [2.75, 3.05) is 11.9 Å². The summed E-state index contributed by atoms with van der Waals surface area (Å²) >= 11 is 3.17. The number of fused-ring (bicyclic) bond motifs is 3. The lowest BCUT2D eigenvalue weighted by atomic mass is 10.1. The number of amides is 1. The second-order valence-electron chi connectivity index (χ2n) is 6.85. The highest BCUT2D eigenvalue weighted by molar-refractivity contribution is 9.10. The molecule has 0 fully saturated rings. The molecule has 0 aliphatic carbocycles. The zero-order valence-electron chi connectivity index (χ0n) is 14.5. The molecule has 1 N–H and O–H groups in total. The topological polar surface area (TPSA) is 72.3 Å². The number of ether oxygens (including phenoxy) is 1. The minimum Gasteiger partial charge on any atom is -0.711 e. The molecular formula is C17H16BrF2N3O3. The van der Waals surface area contributed by atoms with Crippen LogP contribution in [0.2, 0.25) is 0 Å². The Kier molecular flexibility index (Phi) is 4.30. The molecule has 0 saturated heterocycles. The van der Waals surface area contributed by atoms with E-state index in [0.29, 0.717) is 9.20 Å². The van der Waals surface area contributed by atoms with Crippen LogP contribution in [0.1, 0.15) is 20.8 Å². The molecule has 1 amide bonds. The Hall–Kier alpha value is -2.42. The van der Waals surface area contributed by atoms with Gasteiger partial charge in [-0.1, -0.05) is 0 Å². The van der Waals surface area contributed by atoms with Gasteiger partial charge >= 0.3 is 6.09 Å². The number of hydrogen-bond acceptors (Lipinski definition) is 3. The monoisotopic (exact) mass is 427 g/mol. The first-order valence-electron chi connectivity index (χ1n) is 7.68. The van der Waals surface area contributed by atoms with Crippen molar-refractivity contribution < 1.29 is 23.0 Å². The maximum absolute atomic E-state index is 14.5. The molecule has 3 aromatic rings. The molecular weight excluding hydrogens is 412 g/mol. The fraction of sp³-hybridized carbons (Fsp3) is 0.294. The molecule has 2 heterocycles. The maximum Gasteiger partial charge on any atom is 0.414 e. The van der Waals surface area contributed by atoms with E-state index in [-0.39, 0.29) is 27.6 Å². The van der Waals surface area contributed by atoms with E-state index in [1.807, 2.05) is 0 Å². The van der Waals surface area contributed by atoms with Crippen LogP contribution in [-0.2, 0) is 4.74 Å². The molecule has 3 rings (SSSR count). The third kappa shape index (κ3) is 3.07. The number of benzene rings is 1. The number of aromatic nitrogens is 2. The van der Waals surface area contributed by atoms with Gasteiger partial charge in [0.2, 0.25) is 0 Å². The predicted octanol–water partition coefficient (Wildman–Crippen LogP) is 4.37. The van der Waals surface area contributed by atoms with Crippen LogP contribution in [-0.4, -0.2) is 23.7 Å². The van der Waals surface area contributed by atoms with Crippen LogP contribution in [0.3, 0.4) is 0 Å². The van der Waals surface area contributed by atoms with Crippen molar-refractivity contribution in [2.24, 2.45) is 0 Å². The van der Waals surface area contributed by atoms with E-state index >= 15 is 0 Å². The molecule has 0 aliphatic heterocycles. The molecule has 0 bridgehead atoms. The third-order valence-corrected chi connectivity index (χ3v) is 4.17. The van der Waals surface area contributed by atoms with E-state index in [0.717, 1.165) is 11.0 Å². The summed E-state index contributed by atoms with van der Waals surface area (Å²) in [6.07, 6.45) is 0.503. The Morgan fingerprint density at radius 1 is 1.35 bits per heavy atom. The van der Waals surface area contributed by atoms with Gasteiger partial charge in [0.25, 0.3) is 5.65 Å². The molecule has 0 saturated carbocycles. The number of hydrogen-bond donors (Lipinski definition) is 1. The first kappa shape index (κ1) is 18.4. The minimum absolute atomic E-state index is 0.0477. The normalized spacial score (nSPS) is 12.0. The zero-order chi connectivity index (χ0) is 19.4. The summed E-state index contributed by atoms with van der Waals surface area (Å²) in [6.45, 7) is 5.08. The van der Waals surface area contributed by atoms with Crippen LogP contribution in [0, 0.1) is 16.8 Å². The predicted molar refractivity (Wildman–Crippen MR) is 97.0 cm³/mol. The van der Waals surface area contributed by atoms with Gasteiger partial charge in [-0.15, -0.1) is 0 Å². The summed E-state index contributed by atoms with van der Waals surface area (Å²) in [4.78, 5) is 16.2. The molecule has 0 spiro atoms. The average Bonchev–Trinajstić information content (AvgIpc) is 2.88. The second-order valence-corrected chi connectivity index (χ2v) is 7.77. The second kappa shape index (κ2) is 6.08. The summed E-state index contributed by atoms with van der Waals surface area (Å²) in [5.74, 6) is -2.24. The molecule has 1 aromatic carbocycles. The van der Waals surface area contributed by atoms with Crippen LogP contribution in [0.15, 0.2) is 22.8 Å². The van der Waals surface area contributed by atoms with Crippen molar-refractivity contribution in [1.82, 2.24) is 4.98 Å². The van der Waals surface area contributed by atoms with Crippen LogP contribution < -0.4 is 9.63 Å². The molecule has 0 atom stereocenters. The van der Waals surface area contributed by atoms with E-state index in [4.69, 9.17) is 4.74 Å². The van der Waals surface area contributed by atoms with Crippen molar-refractivity contribution >= 4 is 49.6 Å². The van der Waals surface area contributed by atoms with Gasteiger partial charge in [-0.25, -0.2) is 23.3 Å². The maximum atomic E-state index is 14.5. The summed E-state index contributed by atoms with van der Waals surface area (Å²) < 4.78 is 34.9. The number of nitrogens with zero attached hydrogens (tertiary/aromatic N) is 2. The van der Waals surface area contributed by atoms with Crippen molar-refractivity contribution in [3.05, 3.63) is 39.6 Å². The molecule has 2 aromatic heterocycles. The number of aromatic amines is 1. The van der Waals surface area contributed by atoms with Crippen LogP contribution >= 0.6 is 15.9 Å². The fourth-order valence-corrected chi connectivity index (χ4v) is 3.07. The van der Waals surface area contributed by atoms with Gasteiger partial charge in [0, 0.05) is 13.1 Å². The van der Waals surface area contributed by atoms with Crippen LogP contribution in [0.25, 0.3) is 21.9 Å². The van der Waals surface area contributed by atoms with Crippen molar-refractivity contribution in [2.45, 2.75) is 26.4 Å². The van der Waals surface area contributed by atoms with E-state index in [1.54, 1.807) is 20.8 Å². The third-order valence-electron chi connectivity index (χ3n) is 3.74. The van der Waals surface area contributed by atoms with E-state index in [9.17, 15) is 18.8 Å². The number of nitrogens with one attached hydrogen (secondary N) is 1. The Balaban J connectivity index is 2.29. The van der Waals surface area contributed by atoms with Gasteiger partial charge in [0.05, 0.1) is 20.9 Å². The molecule has 6 nitrogen and oxygen atoms in total. The molecule has 9 heteroatoms. The SMILES string of the molecule is CN(C(=O)OC(C)(C)C)c1cc(F)c(F)c2c1[nH]c1c2cc(Br)c[n+]1[O-].